The topological polar surface area (TPSA) is 57.6 Å². The molecule has 0 aliphatic carbocycles. The van der Waals surface area contributed by atoms with Gasteiger partial charge < -0.3 is 10.0 Å². The van der Waals surface area contributed by atoms with E-state index in [1.807, 2.05) is 26.0 Å². The number of carbonyl (C=O) groups excluding carboxylic acids is 1. The number of halogens is 1. The van der Waals surface area contributed by atoms with Crippen molar-refractivity contribution in [3.8, 4) is 0 Å². The lowest BCUT2D eigenvalue weighted by Gasteiger charge is -2.16. The maximum atomic E-state index is 12.3. The third kappa shape index (κ3) is 2.14. The zero-order chi connectivity index (χ0) is 13.4. The Labute approximate surface area is 114 Å². The van der Waals surface area contributed by atoms with E-state index < -0.39 is 5.97 Å². The van der Waals surface area contributed by atoms with E-state index in [0.29, 0.717) is 5.69 Å². The van der Waals surface area contributed by atoms with Crippen molar-refractivity contribution in [2.45, 2.75) is 19.8 Å². The number of fused-ring (bicyclic) bond motifs is 1. The van der Waals surface area contributed by atoms with Crippen LogP contribution in [-0.2, 0) is 9.59 Å². The van der Waals surface area contributed by atoms with Gasteiger partial charge in [-0.1, -0.05) is 35.8 Å². The fourth-order valence-electron chi connectivity index (χ4n) is 2.38. The first-order valence-corrected chi connectivity index (χ1v) is 6.53. The molecule has 1 aliphatic rings. The number of carboxylic acid groups (broad SMARTS) is 1. The van der Waals surface area contributed by atoms with Crippen LogP contribution in [-0.4, -0.2) is 23.5 Å². The summed E-state index contributed by atoms with van der Waals surface area (Å²) in [5, 5.41) is 8.91. The molecular formula is C13H14BrNO3. The van der Waals surface area contributed by atoms with Gasteiger partial charge in [0.2, 0.25) is 5.91 Å². The Morgan fingerprint density at radius 3 is 2.72 bits per heavy atom. The fourth-order valence-corrected chi connectivity index (χ4v) is 2.72. The van der Waals surface area contributed by atoms with Gasteiger partial charge in [0.05, 0.1) is 5.92 Å². The normalized spacial score (nSPS) is 18.3. The molecule has 0 saturated heterocycles. The Morgan fingerprint density at radius 2 is 2.17 bits per heavy atom. The lowest BCUT2D eigenvalue weighted by Crippen LogP contribution is -2.34. The third-order valence-electron chi connectivity index (χ3n) is 3.11. The second kappa shape index (κ2) is 4.72. The minimum Gasteiger partial charge on any atom is -0.480 e. The molecule has 1 aromatic carbocycles. The minimum absolute atomic E-state index is 0.125. The predicted molar refractivity (Wildman–Crippen MR) is 71.7 cm³/mol. The molecule has 0 saturated carbocycles. The lowest BCUT2D eigenvalue weighted by atomic mass is 9.90. The zero-order valence-corrected chi connectivity index (χ0v) is 11.8. The van der Waals surface area contributed by atoms with Crippen LogP contribution in [0.15, 0.2) is 22.7 Å². The molecule has 1 aliphatic heterocycles. The first-order valence-electron chi connectivity index (χ1n) is 5.74. The van der Waals surface area contributed by atoms with Crippen LogP contribution < -0.4 is 4.90 Å². The van der Waals surface area contributed by atoms with Crippen molar-refractivity contribution in [3.63, 3.8) is 0 Å². The number of amides is 1. The molecule has 96 valence electrons. The Bertz CT molecular complexity index is 513. The highest BCUT2D eigenvalue weighted by Crippen LogP contribution is 2.42. The standard InChI is InChI=1S/C13H14BrNO3/c1-7(2)12-9-4-3-8(14)5-10(9)15(13(12)18)6-11(16)17/h3-5,7,12H,6H2,1-2H3,(H,16,17). The monoisotopic (exact) mass is 311 g/mol. The van der Waals surface area contributed by atoms with Crippen LogP contribution in [0.1, 0.15) is 25.3 Å². The summed E-state index contributed by atoms with van der Waals surface area (Å²) in [6, 6.07) is 5.58. The van der Waals surface area contributed by atoms with Crippen molar-refractivity contribution >= 4 is 33.5 Å². The van der Waals surface area contributed by atoms with Crippen molar-refractivity contribution in [1.82, 2.24) is 0 Å². The number of nitrogens with zero attached hydrogens (tertiary/aromatic N) is 1. The van der Waals surface area contributed by atoms with E-state index in [4.69, 9.17) is 5.11 Å². The summed E-state index contributed by atoms with van der Waals surface area (Å²) in [5.41, 5.74) is 1.62. The van der Waals surface area contributed by atoms with Gasteiger partial charge in [-0.05, 0) is 23.6 Å². The van der Waals surface area contributed by atoms with Crippen LogP contribution in [0.4, 0.5) is 5.69 Å². The Morgan fingerprint density at radius 1 is 1.50 bits per heavy atom. The molecule has 5 heteroatoms. The molecule has 0 aromatic heterocycles. The number of anilines is 1. The van der Waals surface area contributed by atoms with Crippen LogP contribution in [0.2, 0.25) is 0 Å². The molecule has 2 rings (SSSR count). The summed E-state index contributed by atoms with van der Waals surface area (Å²) in [4.78, 5) is 24.5. The van der Waals surface area contributed by atoms with Crippen LogP contribution in [0.25, 0.3) is 0 Å². The van der Waals surface area contributed by atoms with E-state index in [9.17, 15) is 9.59 Å². The van der Waals surface area contributed by atoms with Crippen molar-refractivity contribution in [1.29, 1.82) is 0 Å². The second-order valence-electron chi connectivity index (χ2n) is 4.74. The first kappa shape index (κ1) is 13.1. The van der Waals surface area contributed by atoms with Gasteiger partial charge in [0, 0.05) is 10.2 Å². The molecule has 1 heterocycles. The molecular weight excluding hydrogens is 298 g/mol. The highest BCUT2D eigenvalue weighted by Gasteiger charge is 2.39. The van der Waals surface area contributed by atoms with Crippen molar-refractivity contribution in [2.24, 2.45) is 5.92 Å². The molecule has 1 atom stereocenters. The van der Waals surface area contributed by atoms with E-state index in [1.54, 1.807) is 6.07 Å². The van der Waals surface area contributed by atoms with Gasteiger partial charge in [0.1, 0.15) is 6.54 Å². The molecule has 1 unspecified atom stereocenters. The molecule has 18 heavy (non-hydrogen) atoms. The third-order valence-corrected chi connectivity index (χ3v) is 3.60. The van der Waals surface area contributed by atoms with E-state index in [-0.39, 0.29) is 24.3 Å². The molecule has 0 spiro atoms. The predicted octanol–water partition coefficient (Wildman–Crippen LogP) is 2.62. The summed E-state index contributed by atoms with van der Waals surface area (Å²) < 4.78 is 0.842. The van der Waals surface area contributed by atoms with Gasteiger partial charge in [-0.3, -0.25) is 9.59 Å². The summed E-state index contributed by atoms with van der Waals surface area (Å²) >= 11 is 3.35. The molecule has 1 N–H and O–H groups in total. The van der Waals surface area contributed by atoms with Gasteiger partial charge in [-0.2, -0.15) is 0 Å². The van der Waals surface area contributed by atoms with Gasteiger partial charge in [0.25, 0.3) is 0 Å². The fraction of sp³-hybridized carbons (Fsp3) is 0.385. The van der Waals surface area contributed by atoms with Gasteiger partial charge in [0.15, 0.2) is 0 Å². The quantitative estimate of drug-likeness (QED) is 0.933. The smallest absolute Gasteiger partial charge is 0.323 e. The van der Waals surface area contributed by atoms with E-state index in [2.05, 4.69) is 15.9 Å². The summed E-state index contributed by atoms with van der Waals surface area (Å²) in [6.45, 7) is 3.66. The second-order valence-corrected chi connectivity index (χ2v) is 5.66. The highest BCUT2D eigenvalue weighted by atomic mass is 79.9. The molecule has 1 aromatic rings. The number of carboxylic acids is 1. The average molecular weight is 312 g/mol. The molecule has 4 nitrogen and oxygen atoms in total. The highest BCUT2D eigenvalue weighted by molar-refractivity contribution is 9.10. The van der Waals surface area contributed by atoms with E-state index in [0.717, 1.165) is 10.0 Å². The van der Waals surface area contributed by atoms with Gasteiger partial charge in [-0.25, -0.2) is 0 Å². The number of benzene rings is 1. The van der Waals surface area contributed by atoms with Gasteiger partial charge in [-0.15, -0.1) is 0 Å². The number of hydrogen-bond donors (Lipinski definition) is 1. The van der Waals surface area contributed by atoms with Crippen molar-refractivity contribution < 1.29 is 14.7 Å². The van der Waals surface area contributed by atoms with Crippen LogP contribution in [0.5, 0.6) is 0 Å². The van der Waals surface area contributed by atoms with Crippen molar-refractivity contribution in [2.75, 3.05) is 11.4 Å². The van der Waals surface area contributed by atoms with Crippen LogP contribution >= 0.6 is 15.9 Å². The number of aliphatic carboxylic acids is 1. The molecule has 1 amide bonds. The SMILES string of the molecule is CC(C)C1C(=O)N(CC(=O)O)c2cc(Br)ccc21. The average Bonchev–Trinajstić information content (AvgIpc) is 2.52. The largest absolute Gasteiger partial charge is 0.480 e. The summed E-state index contributed by atoms with van der Waals surface area (Å²) in [7, 11) is 0. The summed E-state index contributed by atoms with van der Waals surface area (Å²) in [5.74, 6) is -1.22. The first-order chi connectivity index (χ1) is 8.41. The van der Waals surface area contributed by atoms with Gasteiger partial charge >= 0.3 is 5.97 Å². The Hall–Kier alpha value is -1.36. The van der Waals surface area contributed by atoms with Crippen molar-refractivity contribution in [3.05, 3.63) is 28.2 Å². The molecule has 0 radical (unpaired) electrons. The maximum absolute atomic E-state index is 12.3. The van der Waals surface area contributed by atoms with E-state index in [1.165, 1.54) is 4.90 Å². The Balaban J connectivity index is 2.50. The van der Waals surface area contributed by atoms with Crippen LogP contribution in [0, 0.1) is 5.92 Å². The Kier molecular flexibility index (Phi) is 3.43. The zero-order valence-electron chi connectivity index (χ0n) is 10.2. The minimum atomic E-state index is -1.00. The molecule has 0 bridgehead atoms. The number of carbonyl (C=O) groups is 2. The number of rotatable bonds is 3. The van der Waals surface area contributed by atoms with Crippen LogP contribution in [0.3, 0.4) is 0 Å². The molecule has 0 fully saturated rings. The number of hydrogen-bond acceptors (Lipinski definition) is 2. The lowest BCUT2D eigenvalue weighted by molar-refractivity contribution is -0.136. The maximum Gasteiger partial charge on any atom is 0.323 e. The summed E-state index contributed by atoms with van der Waals surface area (Å²) in [6.07, 6.45) is 0. The van der Waals surface area contributed by atoms with E-state index >= 15 is 0 Å².